The van der Waals surface area contributed by atoms with Gasteiger partial charge in [-0.05, 0) is 12.1 Å². The molecular weight excluding hydrogens is 274 g/mol. The fraction of sp³-hybridized carbons (Fsp3) is 0.167. The van der Waals surface area contributed by atoms with E-state index in [-0.39, 0.29) is 6.54 Å². The monoisotopic (exact) mass is 285 g/mol. The Morgan fingerprint density at radius 3 is 2.81 bits per heavy atom. The van der Waals surface area contributed by atoms with Crippen molar-refractivity contribution in [1.82, 2.24) is 30.2 Å². The van der Waals surface area contributed by atoms with Crippen LogP contribution in [0.2, 0.25) is 0 Å². The smallest absolute Gasteiger partial charge is 0.325 e. The first kappa shape index (κ1) is 12.9. The molecule has 2 N–H and O–H groups in total. The molecule has 0 bridgehead atoms. The maximum atomic E-state index is 10.5. The van der Waals surface area contributed by atoms with Gasteiger partial charge in [0.25, 0.3) is 0 Å². The summed E-state index contributed by atoms with van der Waals surface area (Å²) in [6.45, 7) is 0.112. The zero-order valence-corrected chi connectivity index (χ0v) is 10.8. The first-order valence-corrected chi connectivity index (χ1v) is 6.15. The fourth-order valence-electron chi connectivity index (χ4n) is 1.76. The lowest BCUT2D eigenvalue weighted by Gasteiger charge is -2.02. The minimum absolute atomic E-state index is 0.221. The number of nitrogens with zero attached hydrogens (tertiary/aromatic N) is 6. The predicted octanol–water partition coefficient (Wildman–Crippen LogP) is 0.313. The molecule has 2 aromatic heterocycles. The molecule has 0 spiro atoms. The van der Waals surface area contributed by atoms with E-state index in [0.717, 1.165) is 11.0 Å². The van der Waals surface area contributed by atoms with Crippen LogP contribution in [0.5, 0.6) is 0 Å². The van der Waals surface area contributed by atoms with Crippen molar-refractivity contribution >= 4 is 23.0 Å². The summed E-state index contributed by atoms with van der Waals surface area (Å²) in [5, 5.41) is 27.2. The number of anilines is 1. The first-order valence-electron chi connectivity index (χ1n) is 6.15. The van der Waals surface area contributed by atoms with E-state index in [9.17, 15) is 4.79 Å². The third-order valence-electron chi connectivity index (χ3n) is 2.67. The average Bonchev–Trinajstić information content (AvgIpc) is 2.91. The summed E-state index contributed by atoms with van der Waals surface area (Å²) in [5.74, 6) is -0.594. The van der Waals surface area contributed by atoms with Crippen molar-refractivity contribution in [3.63, 3.8) is 0 Å². The van der Waals surface area contributed by atoms with Gasteiger partial charge in [-0.2, -0.15) is 0 Å². The van der Waals surface area contributed by atoms with Gasteiger partial charge in [-0.3, -0.25) is 4.79 Å². The van der Waals surface area contributed by atoms with Gasteiger partial charge < -0.3 is 10.4 Å². The Balaban J connectivity index is 1.68. The van der Waals surface area contributed by atoms with Crippen LogP contribution in [0.25, 0.3) is 11.0 Å². The Morgan fingerprint density at radius 2 is 2.00 bits per heavy atom. The van der Waals surface area contributed by atoms with Crippen molar-refractivity contribution in [2.75, 3.05) is 5.32 Å². The lowest BCUT2D eigenvalue weighted by molar-refractivity contribution is -0.137. The molecule has 0 aliphatic carbocycles. The Kier molecular flexibility index (Phi) is 3.37. The van der Waals surface area contributed by atoms with Crippen LogP contribution in [-0.2, 0) is 17.9 Å². The van der Waals surface area contributed by atoms with Gasteiger partial charge in [-0.1, -0.05) is 17.3 Å². The molecular formula is C12H11N7O2. The number of rotatable bonds is 5. The van der Waals surface area contributed by atoms with E-state index in [4.69, 9.17) is 5.11 Å². The molecule has 0 unspecified atom stereocenters. The van der Waals surface area contributed by atoms with Gasteiger partial charge in [0.15, 0.2) is 0 Å². The molecule has 9 heteroatoms. The molecule has 0 aliphatic rings. The minimum Gasteiger partial charge on any atom is -0.480 e. The van der Waals surface area contributed by atoms with Crippen molar-refractivity contribution in [3.05, 3.63) is 36.2 Å². The van der Waals surface area contributed by atoms with Gasteiger partial charge in [0, 0.05) is 0 Å². The minimum atomic E-state index is -0.971. The van der Waals surface area contributed by atoms with Crippen molar-refractivity contribution < 1.29 is 9.90 Å². The molecule has 3 aromatic rings. The van der Waals surface area contributed by atoms with Crippen LogP contribution in [0.1, 0.15) is 5.69 Å². The van der Waals surface area contributed by atoms with Crippen LogP contribution in [0.3, 0.4) is 0 Å². The summed E-state index contributed by atoms with van der Waals surface area (Å²) in [7, 11) is 0. The van der Waals surface area contributed by atoms with Crippen LogP contribution in [0, 0.1) is 0 Å². The molecule has 9 nitrogen and oxygen atoms in total. The Labute approximate surface area is 118 Å². The number of nitrogens with one attached hydrogen (secondary N) is 1. The van der Waals surface area contributed by atoms with E-state index in [2.05, 4.69) is 30.8 Å². The number of carboxylic acids is 1. The van der Waals surface area contributed by atoms with Crippen LogP contribution in [0.4, 0.5) is 5.95 Å². The summed E-state index contributed by atoms with van der Waals surface area (Å²) < 4.78 is 1.25. The van der Waals surface area contributed by atoms with Gasteiger partial charge in [0.05, 0.1) is 18.3 Å². The maximum Gasteiger partial charge on any atom is 0.325 e. The fourth-order valence-corrected chi connectivity index (χ4v) is 1.76. The second-order valence-corrected chi connectivity index (χ2v) is 4.28. The highest BCUT2D eigenvalue weighted by atomic mass is 16.4. The van der Waals surface area contributed by atoms with Gasteiger partial charge in [0.2, 0.25) is 5.95 Å². The quantitative estimate of drug-likeness (QED) is 0.687. The molecule has 106 valence electrons. The molecule has 0 aliphatic heterocycles. The zero-order valence-electron chi connectivity index (χ0n) is 10.8. The summed E-state index contributed by atoms with van der Waals surface area (Å²) in [6, 6.07) is 7.42. The SMILES string of the molecule is O=C(O)Cn1cc(CNc2nnc3ccccc3n2)nn1. The van der Waals surface area contributed by atoms with Crippen molar-refractivity contribution in [1.29, 1.82) is 0 Å². The topological polar surface area (TPSA) is 119 Å². The molecule has 3 rings (SSSR count). The third-order valence-corrected chi connectivity index (χ3v) is 2.67. The molecule has 0 radical (unpaired) electrons. The summed E-state index contributed by atoms with van der Waals surface area (Å²) in [5.41, 5.74) is 2.05. The molecule has 0 atom stereocenters. The predicted molar refractivity (Wildman–Crippen MR) is 72.3 cm³/mol. The van der Waals surface area contributed by atoms with E-state index in [0.29, 0.717) is 18.2 Å². The third kappa shape index (κ3) is 3.08. The lowest BCUT2D eigenvalue weighted by Crippen LogP contribution is -2.09. The summed E-state index contributed by atoms with van der Waals surface area (Å²) in [6.07, 6.45) is 1.55. The maximum absolute atomic E-state index is 10.5. The van der Waals surface area contributed by atoms with Crippen molar-refractivity contribution in [3.8, 4) is 0 Å². The summed E-state index contributed by atoms with van der Waals surface area (Å²) in [4.78, 5) is 14.9. The van der Waals surface area contributed by atoms with Crippen molar-refractivity contribution in [2.24, 2.45) is 0 Å². The Morgan fingerprint density at radius 1 is 1.19 bits per heavy atom. The van der Waals surface area contributed by atoms with Crippen molar-refractivity contribution in [2.45, 2.75) is 13.1 Å². The van der Waals surface area contributed by atoms with Gasteiger partial charge in [-0.15, -0.1) is 15.3 Å². The molecule has 0 fully saturated rings. The molecule has 0 saturated heterocycles. The van der Waals surface area contributed by atoms with E-state index in [1.807, 2.05) is 24.3 Å². The number of carboxylic acid groups (broad SMARTS) is 1. The van der Waals surface area contributed by atoms with E-state index in [1.165, 1.54) is 4.68 Å². The van der Waals surface area contributed by atoms with E-state index >= 15 is 0 Å². The largest absolute Gasteiger partial charge is 0.480 e. The number of hydrogen-bond donors (Lipinski definition) is 2. The Bertz CT molecular complexity index is 786. The molecule has 0 saturated carbocycles. The van der Waals surface area contributed by atoms with Gasteiger partial charge >= 0.3 is 5.97 Å². The highest BCUT2D eigenvalue weighted by Crippen LogP contribution is 2.09. The number of carbonyl (C=O) groups is 1. The number of para-hydroxylation sites is 1. The van der Waals surface area contributed by atoms with Crippen LogP contribution < -0.4 is 5.32 Å². The molecule has 21 heavy (non-hydrogen) atoms. The highest BCUT2D eigenvalue weighted by Gasteiger charge is 2.05. The number of aromatic nitrogens is 6. The van der Waals surface area contributed by atoms with Gasteiger partial charge in [-0.25, -0.2) is 9.67 Å². The van der Waals surface area contributed by atoms with Gasteiger partial charge in [0.1, 0.15) is 17.8 Å². The van der Waals surface area contributed by atoms with Crippen LogP contribution >= 0.6 is 0 Å². The number of benzene rings is 1. The average molecular weight is 285 g/mol. The highest BCUT2D eigenvalue weighted by molar-refractivity contribution is 5.74. The number of aliphatic carboxylic acids is 1. The van der Waals surface area contributed by atoms with E-state index < -0.39 is 5.97 Å². The standard InChI is InChI=1S/C12H11N7O2/c20-11(21)7-19-6-8(15-18-19)5-13-12-14-9-3-1-2-4-10(9)16-17-12/h1-4,6H,5,7H2,(H,20,21)(H,13,14,17). The molecule has 2 heterocycles. The molecule has 0 amide bonds. The second kappa shape index (κ2) is 5.49. The first-order chi connectivity index (χ1) is 10.2. The van der Waals surface area contributed by atoms with E-state index in [1.54, 1.807) is 6.20 Å². The number of fused-ring (bicyclic) bond motifs is 1. The zero-order chi connectivity index (χ0) is 14.7. The normalized spacial score (nSPS) is 10.7. The van der Waals surface area contributed by atoms with Crippen LogP contribution in [0.15, 0.2) is 30.5 Å². The second-order valence-electron chi connectivity index (χ2n) is 4.28. The summed E-state index contributed by atoms with van der Waals surface area (Å²) >= 11 is 0. The Hall–Kier alpha value is -3.10. The number of hydrogen-bond acceptors (Lipinski definition) is 7. The van der Waals surface area contributed by atoms with Crippen LogP contribution in [-0.4, -0.2) is 41.3 Å². The molecule has 1 aromatic carbocycles. The lowest BCUT2D eigenvalue weighted by atomic mass is 10.3.